The number of nitrogens with zero attached hydrogens (tertiary/aromatic N) is 2. The molecule has 0 saturated heterocycles. The fraction of sp³-hybridized carbons (Fsp3) is 0.235. The molecule has 2 amide bonds. The summed E-state index contributed by atoms with van der Waals surface area (Å²) >= 11 is 1.53. The summed E-state index contributed by atoms with van der Waals surface area (Å²) in [6.45, 7) is 2.65. The van der Waals surface area contributed by atoms with Crippen molar-refractivity contribution in [2.75, 3.05) is 6.54 Å². The number of primary amides is 1. The number of aryl methyl sites for hydroxylation is 1. The molecule has 0 spiro atoms. The molecule has 5 nitrogen and oxygen atoms in total. The first-order valence-corrected chi connectivity index (χ1v) is 8.14. The quantitative estimate of drug-likeness (QED) is 0.792. The predicted octanol–water partition coefficient (Wildman–Crippen LogP) is 2.37. The van der Waals surface area contributed by atoms with Crippen molar-refractivity contribution in [2.45, 2.75) is 19.9 Å². The van der Waals surface area contributed by atoms with Gasteiger partial charge in [0.15, 0.2) is 0 Å². The minimum absolute atomic E-state index is 0.141. The number of benzene rings is 1. The van der Waals surface area contributed by atoms with Crippen LogP contribution >= 0.6 is 11.3 Å². The first-order chi connectivity index (χ1) is 11.0. The minimum atomic E-state index is -0.421. The van der Waals surface area contributed by atoms with Gasteiger partial charge in [0.1, 0.15) is 0 Å². The number of hydrogen-bond donors (Lipinski definition) is 1. The molecule has 6 heteroatoms. The van der Waals surface area contributed by atoms with Gasteiger partial charge in [0.2, 0.25) is 11.8 Å². The van der Waals surface area contributed by atoms with E-state index in [0.717, 1.165) is 16.3 Å². The third-order valence-corrected chi connectivity index (χ3v) is 3.98. The Morgan fingerprint density at radius 3 is 2.65 bits per heavy atom. The Labute approximate surface area is 139 Å². The van der Waals surface area contributed by atoms with Gasteiger partial charge in [-0.2, -0.15) is 0 Å². The maximum atomic E-state index is 12.4. The van der Waals surface area contributed by atoms with E-state index in [0.29, 0.717) is 13.1 Å². The van der Waals surface area contributed by atoms with Crippen LogP contribution in [-0.4, -0.2) is 28.2 Å². The molecule has 0 fully saturated rings. The van der Waals surface area contributed by atoms with Gasteiger partial charge in [0.25, 0.3) is 0 Å². The van der Waals surface area contributed by atoms with E-state index in [9.17, 15) is 9.59 Å². The van der Waals surface area contributed by atoms with Gasteiger partial charge in [-0.1, -0.05) is 30.3 Å². The van der Waals surface area contributed by atoms with Gasteiger partial charge in [0, 0.05) is 31.0 Å². The van der Waals surface area contributed by atoms with Gasteiger partial charge < -0.3 is 10.6 Å². The van der Waals surface area contributed by atoms with Gasteiger partial charge in [0.05, 0.1) is 10.7 Å². The summed E-state index contributed by atoms with van der Waals surface area (Å²) in [7, 11) is 0. The van der Waals surface area contributed by atoms with E-state index in [-0.39, 0.29) is 12.3 Å². The highest BCUT2D eigenvalue weighted by Crippen LogP contribution is 2.11. The zero-order valence-corrected chi connectivity index (χ0v) is 13.8. The second-order valence-electron chi connectivity index (χ2n) is 5.09. The van der Waals surface area contributed by atoms with E-state index in [4.69, 9.17) is 5.73 Å². The van der Waals surface area contributed by atoms with Crippen LogP contribution in [0.4, 0.5) is 0 Å². The summed E-state index contributed by atoms with van der Waals surface area (Å²) in [5.41, 5.74) is 6.96. The zero-order chi connectivity index (χ0) is 16.7. The first kappa shape index (κ1) is 16.9. The fourth-order valence-corrected chi connectivity index (χ4v) is 2.62. The molecule has 1 aromatic carbocycles. The fourth-order valence-electron chi connectivity index (χ4n) is 2.03. The number of amides is 2. The highest BCUT2D eigenvalue weighted by molar-refractivity contribution is 7.09. The molecule has 120 valence electrons. The lowest BCUT2D eigenvalue weighted by Crippen LogP contribution is -2.32. The Bertz CT molecular complexity index is 695. The van der Waals surface area contributed by atoms with E-state index in [1.807, 2.05) is 42.6 Å². The Morgan fingerprint density at radius 2 is 2.04 bits per heavy atom. The van der Waals surface area contributed by atoms with Crippen LogP contribution in [-0.2, 0) is 16.1 Å². The smallest absolute Gasteiger partial charge is 0.246 e. The van der Waals surface area contributed by atoms with E-state index in [1.54, 1.807) is 11.0 Å². The number of nitrogens with two attached hydrogens (primary N) is 1. The molecular weight excluding hydrogens is 310 g/mol. The lowest BCUT2D eigenvalue weighted by molar-refractivity contribution is -0.127. The van der Waals surface area contributed by atoms with E-state index in [2.05, 4.69) is 4.98 Å². The Balaban J connectivity index is 2.06. The zero-order valence-electron chi connectivity index (χ0n) is 12.9. The Morgan fingerprint density at radius 1 is 1.30 bits per heavy atom. The van der Waals surface area contributed by atoms with Crippen LogP contribution in [0.5, 0.6) is 0 Å². The number of rotatable bonds is 7. The molecule has 0 aliphatic carbocycles. The van der Waals surface area contributed by atoms with Gasteiger partial charge in [-0.05, 0) is 18.6 Å². The van der Waals surface area contributed by atoms with Crippen LogP contribution in [0, 0.1) is 6.92 Å². The molecule has 0 atom stereocenters. The molecule has 2 rings (SSSR count). The van der Waals surface area contributed by atoms with Gasteiger partial charge in [-0.3, -0.25) is 9.59 Å². The minimum Gasteiger partial charge on any atom is -0.370 e. The molecule has 2 aromatic rings. The van der Waals surface area contributed by atoms with E-state index in [1.165, 1.54) is 17.4 Å². The van der Waals surface area contributed by atoms with Crippen molar-refractivity contribution >= 4 is 29.2 Å². The topological polar surface area (TPSA) is 76.3 Å². The third kappa shape index (κ3) is 5.67. The van der Waals surface area contributed by atoms with Gasteiger partial charge in [-0.15, -0.1) is 11.3 Å². The monoisotopic (exact) mass is 329 g/mol. The summed E-state index contributed by atoms with van der Waals surface area (Å²) in [5.74, 6) is -0.587. The molecular formula is C17H19N3O2S. The highest BCUT2D eigenvalue weighted by atomic mass is 32.1. The van der Waals surface area contributed by atoms with Crippen molar-refractivity contribution in [2.24, 2.45) is 5.73 Å². The Hall–Kier alpha value is -2.47. The summed E-state index contributed by atoms with van der Waals surface area (Å²) in [5, 5.41) is 2.84. The number of thiazole rings is 1. The van der Waals surface area contributed by atoms with Crippen LogP contribution in [0.2, 0.25) is 0 Å². The molecule has 0 bridgehead atoms. The second-order valence-corrected chi connectivity index (χ2v) is 6.15. The van der Waals surface area contributed by atoms with Crippen LogP contribution in [0.15, 0.2) is 41.8 Å². The molecule has 23 heavy (non-hydrogen) atoms. The van der Waals surface area contributed by atoms with Crippen LogP contribution in [0.1, 0.15) is 22.7 Å². The third-order valence-electron chi connectivity index (χ3n) is 3.19. The lowest BCUT2D eigenvalue weighted by atomic mass is 10.2. The van der Waals surface area contributed by atoms with E-state index >= 15 is 0 Å². The number of carbonyl (C=O) groups excluding carboxylic acids is 2. The summed E-state index contributed by atoms with van der Waals surface area (Å²) in [6, 6.07) is 9.64. The van der Waals surface area contributed by atoms with Crippen molar-refractivity contribution in [1.29, 1.82) is 0 Å². The average molecular weight is 329 g/mol. The number of carbonyl (C=O) groups is 2. The standard InChI is InChI=1S/C17H19N3O2S/c1-13-19-15(12-23-13)7-8-17(22)20(10-9-16(18)21)11-14-5-3-2-4-6-14/h2-8,12H,9-11H2,1H3,(H2,18,21)/b8-7+. The largest absolute Gasteiger partial charge is 0.370 e. The molecule has 0 aliphatic rings. The summed E-state index contributed by atoms with van der Waals surface area (Å²) in [6.07, 6.45) is 3.31. The summed E-state index contributed by atoms with van der Waals surface area (Å²) < 4.78 is 0. The number of hydrogen-bond acceptors (Lipinski definition) is 4. The lowest BCUT2D eigenvalue weighted by Gasteiger charge is -2.20. The SMILES string of the molecule is Cc1nc(/C=C/C(=O)N(CCC(N)=O)Cc2ccccc2)cs1. The second kappa shape index (κ2) is 8.24. The normalized spacial score (nSPS) is 10.8. The van der Waals surface area contributed by atoms with Crippen molar-refractivity contribution in [1.82, 2.24) is 9.88 Å². The highest BCUT2D eigenvalue weighted by Gasteiger charge is 2.12. The van der Waals surface area contributed by atoms with Crippen molar-refractivity contribution < 1.29 is 9.59 Å². The van der Waals surface area contributed by atoms with Crippen molar-refractivity contribution in [3.63, 3.8) is 0 Å². The van der Waals surface area contributed by atoms with Gasteiger partial charge in [-0.25, -0.2) is 4.98 Å². The van der Waals surface area contributed by atoms with E-state index < -0.39 is 5.91 Å². The van der Waals surface area contributed by atoms with Gasteiger partial charge >= 0.3 is 0 Å². The predicted molar refractivity (Wildman–Crippen MR) is 91.6 cm³/mol. The molecule has 1 heterocycles. The maximum Gasteiger partial charge on any atom is 0.246 e. The first-order valence-electron chi connectivity index (χ1n) is 7.26. The molecule has 0 unspecified atom stereocenters. The molecule has 1 aromatic heterocycles. The van der Waals surface area contributed by atoms with Crippen molar-refractivity contribution in [3.05, 3.63) is 58.1 Å². The van der Waals surface area contributed by atoms with Crippen LogP contribution in [0.25, 0.3) is 6.08 Å². The van der Waals surface area contributed by atoms with Crippen LogP contribution in [0.3, 0.4) is 0 Å². The summed E-state index contributed by atoms with van der Waals surface area (Å²) in [4.78, 5) is 29.3. The molecule has 0 radical (unpaired) electrons. The number of aromatic nitrogens is 1. The maximum absolute atomic E-state index is 12.4. The average Bonchev–Trinajstić information content (AvgIpc) is 2.95. The van der Waals surface area contributed by atoms with Crippen LogP contribution < -0.4 is 5.73 Å². The van der Waals surface area contributed by atoms with Crippen molar-refractivity contribution in [3.8, 4) is 0 Å². The molecule has 0 saturated carbocycles. The molecule has 2 N–H and O–H groups in total. The Kier molecular flexibility index (Phi) is 6.05. The molecule has 0 aliphatic heterocycles.